The van der Waals surface area contributed by atoms with Gasteiger partial charge in [0.1, 0.15) is 18.3 Å². The van der Waals surface area contributed by atoms with E-state index in [1.165, 1.54) is 17.7 Å². The molecule has 2 aliphatic heterocycles. The van der Waals surface area contributed by atoms with Gasteiger partial charge in [-0.2, -0.15) is 0 Å². The van der Waals surface area contributed by atoms with Crippen LogP contribution < -0.4 is 0 Å². The van der Waals surface area contributed by atoms with Crippen molar-refractivity contribution < 1.29 is 29.6 Å². The Kier molecular flexibility index (Phi) is 7.90. The predicted molar refractivity (Wildman–Crippen MR) is 91.2 cm³/mol. The van der Waals surface area contributed by atoms with Gasteiger partial charge in [-0.1, -0.05) is 38.7 Å². The van der Waals surface area contributed by atoms with Gasteiger partial charge >= 0.3 is 5.97 Å². The first-order chi connectivity index (χ1) is 12.1. The lowest BCUT2D eigenvalue weighted by Crippen LogP contribution is -2.40. The van der Waals surface area contributed by atoms with Crippen LogP contribution in [-0.4, -0.2) is 63.9 Å². The van der Waals surface area contributed by atoms with E-state index in [1.54, 1.807) is 18.5 Å². The summed E-state index contributed by atoms with van der Waals surface area (Å²) in [5.74, 6) is -0.378. The van der Waals surface area contributed by atoms with Crippen molar-refractivity contribution in [3.05, 3.63) is 24.0 Å². The minimum Gasteiger partial charge on any atom is -0.462 e. The van der Waals surface area contributed by atoms with Crippen LogP contribution in [-0.2, 0) is 14.3 Å². The lowest BCUT2D eigenvalue weighted by Gasteiger charge is -2.28. The number of ether oxygens (including phenoxy) is 2. The first-order valence-corrected chi connectivity index (χ1v) is 9.02. The minimum absolute atomic E-state index is 0.378. The normalized spacial score (nSPS) is 29.0. The number of esters is 1. The summed E-state index contributed by atoms with van der Waals surface area (Å²) in [6.45, 7) is 2.17. The van der Waals surface area contributed by atoms with Crippen LogP contribution in [0.5, 0.6) is 0 Å². The van der Waals surface area contributed by atoms with Crippen LogP contribution in [0.25, 0.3) is 0 Å². The maximum atomic E-state index is 12.2. The molecule has 2 aliphatic rings. The monoisotopic (exact) mass is 355 g/mol. The van der Waals surface area contributed by atoms with Crippen LogP contribution in [0.1, 0.15) is 45.4 Å². The number of unbranched alkanes of at least 4 members (excludes halogenated alkanes) is 4. The van der Waals surface area contributed by atoms with E-state index in [0.29, 0.717) is 18.6 Å². The van der Waals surface area contributed by atoms with Crippen molar-refractivity contribution in [1.29, 1.82) is 0 Å². The zero-order chi connectivity index (χ0) is 18.2. The van der Waals surface area contributed by atoms with Gasteiger partial charge in [-0.05, 0) is 6.42 Å². The molecule has 3 N–H and O–H groups in total. The van der Waals surface area contributed by atoms with E-state index in [0.717, 1.165) is 19.3 Å². The Morgan fingerprint density at radius 1 is 1.28 bits per heavy atom. The Morgan fingerprint density at radius 2 is 2.04 bits per heavy atom. The van der Waals surface area contributed by atoms with Crippen LogP contribution in [0.15, 0.2) is 24.0 Å². The van der Waals surface area contributed by atoms with Gasteiger partial charge in [-0.25, -0.2) is 4.79 Å². The molecule has 2 heterocycles. The Bertz CT molecular complexity index is 492. The lowest BCUT2D eigenvalue weighted by atomic mass is 10.1. The van der Waals surface area contributed by atoms with Gasteiger partial charge in [0.05, 0.1) is 18.8 Å². The second-order valence-corrected chi connectivity index (χ2v) is 6.47. The maximum absolute atomic E-state index is 12.2. The average Bonchev–Trinajstić information content (AvgIpc) is 2.92. The third-order valence-electron chi connectivity index (χ3n) is 4.47. The fourth-order valence-electron chi connectivity index (χ4n) is 2.96. The molecule has 0 aromatic carbocycles. The van der Waals surface area contributed by atoms with Crippen molar-refractivity contribution in [3.63, 3.8) is 0 Å². The number of carbonyl (C=O) groups is 1. The van der Waals surface area contributed by atoms with Gasteiger partial charge in [0, 0.05) is 18.8 Å². The molecule has 0 aliphatic carbocycles. The van der Waals surface area contributed by atoms with Crippen molar-refractivity contribution in [2.24, 2.45) is 0 Å². The molecule has 25 heavy (non-hydrogen) atoms. The molecule has 0 bridgehead atoms. The molecule has 0 aromatic heterocycles. The van der Waals surface area contributed by atoms with E-state index in [2.05, 4.69) is 6.92 Å². The zero-order valence-corrected chi connectivity index (χ0v) is 14.7. The predicted octanol–water partition coefficient (Wildman–Crippen LogP) is 1.04. The Morgan fingerprint density at radius 3 is 2.72 bits per heavy atom. The molecule has 1 fully saturated rings. The number of aliphatic hydroxyl groups is 3. The van der Waals surface area contributed by atoms with Gasteiger partial charge < -0.3 is 29.7 Å². The van der Waals surface area contributed by atoms with Gasteiger partial charge in [0.15, 0.2) is 6.23 Å². The zero-order valence-electron chi connectivity index (χ0n) is 14.7. The number of hydrogen-bond donors (Lipinski definition) is 3. The second-order valence-electron chi connectivity index (χ2n) is 6.47. The number of carbonyl (C=O) groups excluding carboxylic acids is 1. The van der Waals surface area contributed by atoms with Crippen LogP contribution >= 0.6 is 0 Å². The quantitative estimate of drug-likeness (QED) is 0.420. The van der Waals surface area contributed by atoms with E-state index in [1.807, 2.05) is 0 Å². The Hall–Kier alpha value is -1.41. The summed E-state index contributed by atoms with van der Waals surface area (Å²) >= 11 is 0. The molecule has 0 aromatic rings. The molecule has 4 atom stereocenters. The summed E-state index contributed by atoms with van der Waals surface area (Å²) in [5, 5.41) is 29.1. The van der Waals surface area contributed by atoms with Gasteiger partial charge in [0.25, 0.3) is 0 Å². The molecule has 142 valence electrons. The third-order valence-corrected chi connectivity index (χ3v) is 4.47. The molecule has 0 amide bonds. The van der Waals surface area contributed by atoms with E-state index >= 15 is 0 Å². The number of nitrogens with zero attached hydrogens (tertiary/aromatic N) is 1. The van der Waals surface area contributed by atoms with Crippen molar-refractivity contribution in [2.75, 3.05) is 13.2 Å². The Labute approximate surface area is 148 Å². The maximum Gasteiger partial charge on any atom is 0.335 e. The van der Waals surface area contributed by atoms with Gasteiger partial charge in [0.2, 0.25) is 0 Å². The van der Waals surface area contributed by atoms with Crippen molar-refractivity contribution in [3.8, 4) is 0 Å². The number of aliphatic hydroxyl groups excluding tert-OH is 3. The van der Waals surface area contributed by atoms with Crippen molar-refractivity contribution in [2.45, 2.75) is 70.0 Å². The van der Waals surface area contributed by atoms with Crippen molar-refractivity contribution in [1.82, 2.24) is 4.90 Å². The molecular weight excluding hydrogens is 326 g/mol. The molecule has 2 rings (SSSR count). The summed E-state index contributed by atoms with van der Waals surface area (Å²) in [4.78, 5) is 13.7. The fourth-order valence-corrected chi connectivity index (χ4v) is 2.96. The Balaban J connectivity index is 1.85. The van der Waals surface area contributed by atoms with E-state index in [-0.39, 0.29) is 12.6 Å². The largest absolute Gasteiger partial charge is 0.462 e. The van der Waals surface area contributed by atoms with Gasteiger partial charge in [-0.3, -0.25) is 0 Å². The first-order valence-electron chi connectivity index (χ1n) is 9.02. The highest BCUT2D eigenvalue weighted by Gasteiger charge is 2.44. The molecular formula is C18H29NO6. The molecule has 7 nitrogen and oxygen atoms in total. The standard InChI is InChI=1S/C18H29NO6/c1-2-3-4-5-6-10-24-18(23)13-8-7-9-19(11-13)17-16(22)15(21)14(12-20)25-17/h7,9,11,14-17,20-22H,2-6,8,10,12H2,1H3/t14-,15+,16+,17-/m1/s1. The van der Waals surface area contributed by atoms with Crippen LogP contribution in [0.4, 0.5) is 0 Å². The van der Waals surface area contributed by atoms with Crippen molar-refractivity contribution >= 4 is 5.97 Å². The molecule has 0 spiro atoms. The van der Waals surface area contributed by atoms with E-state index < -0.39 is 24.5 Å². The van der Waals surface area contributed by atoms with Crippen LogP contribution in [0.3, 0.4) is 0 Å². The molecule has 0 radical (unpaired) electrons. The highest BCUT2D eigenvalue weighted by molar-refractivity contribution is 5.88. The molecule has 7 heteroatoms. The van der Waals surface area contributed by atoms with Gasteiger partial charge in [-0.15, -0.1) is 0 Å². The lowest BCUT2D eigenvalue weighted by molar-refractivity contribution is -0.139. The summed E-state index contributed by atoms with van der Waals surface area (Å²) in [6, 6.07) is 0. The average molecular weight is 355 g/mol. The molecule has 1 saturated heterocycles. The number of allylic oxidation sites excluding steroid dienone is 1. The SMILES string of the molecule is CCCCCCCOC(=O)C1=CN([C@@H]2O[C@H](CO)[C@H](O)[C@@H]2O)C=CC1. The second kappa shape index (κ2) is 9.91. The molecule has 0 saturated carbocycles. The van der Waals surface area contributed by atoms with Crippen LogP contribution in [0, 0.1) is 0 Å². The third kappa shape index (κ3) is 5.28. The highest BCUT2D eigenvalue weighted by atomic mass is 16.6. The number of hydrogen-bond acceptors (Lipinski definition) is 7. The first kappa shape index (κ1) is 19.9. The summed E-state index contributed by atoms with van der Waals surface area (Å²) in [7, 11) is 0. The topological polar surface area (TPSA) is 99.5 Å². The summed E-state index contributed by atoms with van der Waals surface area (Å²) in [5.41, 5.74) is 0.466. The smallest absolute Gasteiger partial charge is 0.335 e. The van der Waals surface area contributed by atoms with E-state index in [4.69, 9.17) is 14.6 Å². The summed E-state index contributed by atoms with van der Waals surface area (Å²) in [6.07, 6.45) is 6.86. The van der Waals surface area contributed by atoms with Crippen LogP contribution in [0.2, 0.25) is 0 Å². The highest BCUT2D eigenvalue weighted by Crippen LogP contribution is 2.27. The fraction of sp³-hybridized carbons (Fsp3) is 0.722. The minimum atomic E-state index is -1.17. The molecule has 0 unspecified atom stereocenters. The van der Waals surface area contributed by atoms with E-state index in [9.17, 15) is 15.0 Å². The summed E-state index contributed by atoms with van der Waals surface area (Å²) < 4.78 is 10.8. The number of rotatable bonds is 9.